The Kier molecular flexibility index (Phi) is 9.08. The molecule has 0 N–H and O–H groups in total. The predicted octanol–water partition coefficient (Wildman–Crippen LogP) is 7.41. The molecule has 0 aromatic rings. The van der Waals surface area contributed by atoms with Crippen molar-refractivity contribution in [2.24, 2.45) is 29.6 Å². The molecule has 0 radical (unpaired) electrons. The van der Waals surface area contributed by atoms with Crippen LogP contribution in [-0.2, 0) is 9.53 Å². The molecule has 3 rings (SSSR count). The van der Waals surface area contributed by atoms with Crippen molar-refractivity contribution in [3.8, 4) is 0 Å². The van der Waals surface area contributed by atoms with Crippen LogP contribution in [-0.4, -0.2) is 12.1 Å². The highest BCUT2D eigenvalue weighted by Gasteiger charge is 2.30. The number of rotatable bonds is 8. The fraction of sp³-hybridized carbons (Fsp3) is 0.741. The van der Waals surface area contributed by atoms with Gasteiger partial charge in [-0.05, 0) is 114 Å². The molecule has 29 heavy (non-hydrogen) atoms. The fourth-order valence-electron chi connectivity index (χ4n) is 5.59. The van der Waals surface area contributed by atoms with Gasteiger partial charge in [-0.1, -0.05) is 24.3 Å². The van der Waals surface area contributed by atoms with Gasteiger partial charge in [-0.25, -0.2) is 0 Å². The Labute approximate surface area is 178 Å². The molecule has 0 bridgehead atoms. The minimum absolute atomic E-state index is 0.0877. The lowest BCUT2D eigenvalue weighted by Gasteiger charge is -2.31. The maximum Gasteiger partial charge on any atom is 0.309 e. The molecule has 0 spiro atoms. The minimum Gasteiger partial charge on any atom is -0.462 e. The third-order valence-electron chi connectivity index (χ3n) is 7.77. The molecule has 0 heterocycles. The molecular formula is C27H42O2. The summed E-state index contributed by atoms with van der Waals surface area (Å²) in [5.41, 5.74) is 0. The lowest BCUT2D eigenvalue weighted by atomic mass is 9.79. The van der Waals surface area contributed by atoms with Crippen LogP contribution in [0.3, 0.4) is 0 Å². The Hall–Kier alpha value is -1.31. The average Bonchev–Trinajstić information content (AvgIpc) is 2.78. The largest absolute Gasteiger partial charge is 0.462 e. The van der Waals surface area contributed by atoms with E-state index in [1.54, 1.807) is 0 Å². The Morgan fingerprint density at radius 3 is 1.86 bits per heavy atom. The average molecular weight is 399 g/mol. The molecular weight excluding hydrogens is 356 g/mol. The molecule has 0 aromatic heterocycles. The number of carbonyl (C=O) groups excluding carboxylic acids is 1. The van der Waals surface area contributed by atoms with Gasteiger partial charge in [0.25, 0.3) is 0 Å². The van der Waals surface area contributed by atoms with Gasteiger partial charge in [-0.2, -0.15) is 0 Å². The molecule has 3 aliphatic rings. The minimum atomic E-state index is 0.0877. The predicted molar refractivity (Wildman–Crippen MR) is 122 cm³/mol. The van der Waals surface area contributed by atoms with Gasteiger partial charge in [0.05, 0.1) is 5.92 Å². The standard InChI is InChI=1S/C27H42O2/c1-3-5-6-22-15-19-26(20-16-22)29-27(28)25-17-13-24(14-18-25)12-11-23-9-7-21(4-2)8-10-23/h3-4,11-12,21-26H,1-2,5-10,13-20H2/b12-11+. The molecule has 3 fully saturated rings. The summed E-state index contributed by atoms with van der Waals surface area (Å²) in [6.07, 6.45) is 25.7. The second-order valence-electron chi connectivity index (χ2n) is 9.85. The van der Waals surface area contributed by atoms with E-state index in [1.165, 1.54) is 44.9 Å². The molecule has 162 valence electrons. The summed E-state index contributed by atoms with van der Waals surface area (Å²) in [7, 11) is 0. The Morgan fingerprint density at radius 2 is 1.31 bits per heavy atom. The lowest BCUT2D eigenvalue weighted by molar-refractivity contribution is -0.157. The van der Waals surface area contributed by atoms with Crippen molar-refractivity contribution in [2.75, 3.05) is 0 Å². The van der Waals surface area contributed by atoms with Gasteiger partial charge in [-0.3, -0.25) is 4.79 Å². The van der Waals surface area contributed by atoms with E-state index >= 15 is 0 Å². The smallest absolute Gasteiger partial charge is 0.309 e. The number of carbonyl (C=O) groups is 1. The third kappa shape index (κ3) is 7.15. The molecule has 0 atom stereocenters. The van der Waals surface area contributed by atoms with E-state index in [4.69, 9.17) is 4.74 Å². The van der Waals surface area contributed by atoms with Crippen LogP contribution in [0.4, 0.5) is 0 Å². The normalized spacial score (nSPS) is 35.9. The highest BCUT2D eigenvalue weighted by Crippen LogP contribution is 2.35. The van der Waals surface area contributed by atoms with Gasteiger partial charge in [-0.15, -0.1) is 13.2 Å². The quantitative estimate of drug-likeness (QED) is 0.314. The molecule has 2 nitrogen and oxygen atoms in total. The first-order valence-electron chi connectivity index (χ1n) is 12.3. The first-order chi connectivity index (χ1) is 14.2. The van der Waals surface area contributed by atoms with E-state index in [9.17, 15) is 4.79 Å². The molecule has 3 aliphatic carbocycles. The summed E-state index contributed by atoms with van der Waals surface area (Å²) in [6, 6.07) is 0. The van der Waals surface area contributed by atoms with Gasteiger partial charge in [0.2, 0.25) is 0 Å². The van der Waals surface area contributed by atoms with Crippen molar-refractivity contribution in [1.82, 2.24) is 0 Å². The monoisotopic (exact) mass is 398 g/mol. The third-order valence-corrected chi connectivity index (χ3v) is 7.77. The van der Waals surface area contributed by atoms with Crippen LogP contribution in [0.5, 0.6) is 0 Å². The van der Waals surface area contributed by atoms with Crippen LogP contribution in [0, 0.1) is 29.6 Å². The molecule has 3 saturated carbocycles. The van der Waals surface area contributed by atoms with E-state index in [2.05, 4.69) is 31.4 Å². The van der Waals surface area contributed by atoms with Gasteiger partial charge in [0.15, 0.2) is 0 Å². The maximum atomic E-state index is 12.6. The Bertz CT molecular complexity index is 539. The van der Waals surface area contributed by atoms with Crippen LogP contribution in [0.2, 0.25) is 0 Å². The van der Waals surface area contributed by atoms with Crippen molar-refractivity contribution in [3.05, 3.63) is 37.5 Å². The number of ether oxygens (including phenoxy) is 1. The number of hydrogen-bond donors (Lipinski definition) is 0. The van der Waals surface area contributed by atoms with Crippen LogP contribution in [0.25, 0.3) is 0 Å². The molecule has 2 heteroatoms. The van der Waals surface area contributed by atoms with E-state index < -0.39 is 0 Å². The van der Waals surface area contributed by atoms with Crippen LogP contribution >= 0.6 is 0 Å². The first kappa shape index (κ1) is 22.4. The number of allylic oxidation sites excluding steroid dienone is 4. The topological polar surface area (TPSA) is 26.3 Å². The summed E-state index contributed by atoms with van der Waals surface area (Å²) in [5, 5.41) is 0. The molecule has 0 unspecified atom stereocenters. The SMILES string of the molecule is C=CCCC1CCC(OC(=O)C2CCC(/C=C/C3CCC(C=C)CC3)CC2)CC1. The van der Waals surface area contributed by atoms with Crippen molar-refractivity contribution >= 4 is 5.97 Å². The number of esters is 1. The van der Waals surface area contributed by atoms with Crippen LogP contribution < -0.4 is 0 Å². The summed E-state index contributed by atoms with van der Waals surface area (Å²) in [4.78, 5) is 12.6. The van der Waals surface area contributed by atoms with E-state index in [1.807, 2.05) is 6.08 Å². The van der Waals surface area contributed by atoms with Crippen molar-refractivity contribution < 1.29 is 9.53 Å². The zero-order chi connectivity index (χ0) is 20.5. The molecule has 0 aliphatic heterocycles. The zero-order valence-electron chi connectivity index (χ0n) is 18.4. The highest BCUT2D eigenvalue weighted by atomic mass is 16.5. The van der Waals surface area contributed by atoms with E-state index in [0.29, 0.717) is 5.92 Å². The van der Waals surface area contributed by atoms with Gasteiger partial charge in [0.1, 0.15) is 6.10 Å². The zero-order valence-corrected chi connectivity index (χ0v) is 18.4. The maximum absolute atomic E-state index is 12.6. The van der Waals surface area contributed by atoms with Crippen molar-refractivity contribution in [1.29, 1.82) is 0 Å². The van der Waals surface area contributed by atoms with Crippen molar-refractivity contribution in [3.63, 3.8) is 0 Å². The van der Waals surface area contributed by atoms with Crippen LogP contribution in [0.1, 0.15) is 89.9 Å². The highest BCUT2D eigenvalue weighted by molar-refractivity contribution is 5.72. The van der Waals surface area contributed by atoms with E-state index in [0.717, 1.165) is 62.7 Å². The molecule has 0 saturated heterocycles. The van der Waals surface area contributed by atoms with Gasteiger partial charge in [0, 0.05) is 0 Å². The summed E-state index contributed by atoms with van der Waals surface area (Å²) >= 11 is 0. The second-order valence-corrected chi connectivity index (χ2v) is 9.85. The van der Waals surface area contributed by atoms with Gasteiger partial charge < -0.3 is 4.74 Å². The Morgan fingerprint density at radius 1 is 0.759 bits per heavy atom. The lowest BCUT2D eigenvalue weighted by Crippen LogP contribution is -2.30. The van der Waals surface area contributed by atoms with Gasteiger partial charge >= 0.3 is 5.97 Å². The number of hydrogen-bond acceptors (Lipinski definition) is 2. The summed E-state index contributed by atoms with van der Waals surface area (Å²) < 4.78 is 5.91. The molecule has 0 amide bonds. The second kappa shape index (κ2) is 11.8. The summed E-state index contributed by atoms with van der Waals surface area (Å²) in [6.45, 7) is 7.76. The summed E-state index contributed by atoms with van der Waals surface area (Å²) in [5.74, 6) is 3.19. The Balaban J connectivity index is 1.32. The van der Waals surface area contributed by atoms with E-state index in [-0.39, 0.29) is 18.0 Å². The fourth-order valence-corrected chi connectivity index (χ4v) is 5.59. The molecule has 0 aromatic carbocycles. The first-order valence-corrected chi connectivity index (χ1v) is 12.3. The van der Waals surface area contributed by atoms with Crippen LogP contribution in [0.15, 0.2) is 37.5 Å². The van der Waals surface area contributed by atoms with Crippen molar-refractivity contribution in [2.45, 2.75) is 96.0 Å².